The SMILES string of the molecule is C[N+](C)(C)CC(CC(=O)O)OC(=O)CCC/C=C/CC/C=C/CC(=O)O. The lowest BCUT2D eigenvalue weighted by atomic mass is 10.2. The van der Waals surface area contributed by atoms with Crippen LogP contribution in [0.2, 0.25) is 0 Å². The van der Waals surface area contributed by atoms with Gasteiger partial charge in [-0.3, -0.25) is 14.4 Å². The van der Waals surface area contributed by atoms with E-state index in [1.54, 1.807) is 6.08 Å². The third-order valence-corrected chi connectivity index (χ3v) is 3.33. The molecule has 0 aromatic heterocycles. The Morgan fingerprint density at radius 2 is 1.50 bits per heavy atom. The highest BCUT2D eigenvalue weighted by Gasteiger charge is 2.24. The number of likely N-dealkylation sites (N-methyl/N-ethyl adjacent to an activating group) is 1. The van der Waals surface area contributed by atoms with Crippen molar-refractivity contribution >= 4 is 17.9 Å². The van der Waals surface area contributed by atoms with Crippen LogP contribution < -0.4 is 0 Å². The maximum Gasteiger partial charge on any atom is 0.307 e. The Morgan fingerprint density at radius 1 is 0.923 bits per heavy atom. The van der Waals surface area contributed by atoms with E-state index in [0.29, 0.717) is 17.4 Å². The molecular weight excluding hydrogens is 338 g/mol. The first-order valence-corrected chi connectivity index (χ1v) is 8.83. The largest absolute Gasteiger partial charge is 0.481 e. The van der Waals surface area contributed by atoms with Crippen molar-refractivity contribution < 1.29 is 33.8 Å². The van der Waals surface area contributed by atoms with Gasteiger partial charge in [0.05, 0.1) is 34.0 Å². The van der Waals surface area contributed by atoms with Gasteiger partial charge in [-0.25, -0.2) is 0 Å². The molecule has 7 heteroatoms. The molecule has 26 heavy (non-hydrogen) atoms. The van der Waals surface area contributed by atoms with E-state index in [9.17, 15) is 14.4 Å². The monoisotopic (exact) mass is 370 g/mol. The molecule has 1 atom stereocenters. The molecule has 0 aliphatic carbocycles. The van der Waals surface area contributed by atoms with Crippen molar-refractivity contribution in [2.24, 2.45) is 0 Å². The number of unbranched alkanes of at least 4 members (excludes halogenated alkanes) is 2. The third-order valence-electron chi connectivity index (χ3n) is 3.33. The van der Waals surface area contributed by atoms with Crippen molar-refractivity contribution in [2.45, 2.75) is 51.0 Å². The Kier molecular flexibility index (Phi) is 12.0. The van der Waals surface area contributed by atoms with Gasteiger partial charge in [-0.05, 0) is 25.7 Å². The van der Waals surface area contributed by atoms with Gasteiger partial charge in [0.25, 0.3) is 0 Å². The number of quaternary nitrogens is 1. The number of aliphatic carboxylic acids is 2. The molecule has 0 spiro atoms. The second-order valence-corrected chi connectivity index (χ2v) is 7.19. The van der Waals surface area contributed by atoms with Gasteiger partial charge in [-0.1, -0.05) is 24.3 Å². The van der Waals surface area contributed by atoms with E-state index in [1.807, 2.05) is 39.4 Å². The minimum Gasteiger partial charge on any atom is -0.481 e. The Balaban J connectivity index is 3.98. The predicted molar refractivity (Wildman–Crippen MR) is 98.7 cm³/mol. The number of ether oxygens (including phenoxy) is 1. The molecule has 0 aliphatic rings. The number of rotatable bonds is 14. The number of hydrogen-bond donors (Lipinski definition) is 2. The molecule has 0 rings (SSSR count). The van der Waals surface area contributed by atoms with E-state index >= 15 is 0 Å². The highest BCUT2D eigenvalue weighted by molar-refractivity contribution is 5.71. The number of hydrogen-bond acceptors (Lipinski definition) is 4. The highest BCUT2D eigenvalue weighted by Crippen LogP contribution is 2.08. The van der Waals surface area contributed by atoms with Gasteiger partial charge in [0.15, 0.2) is 6.10 Å². The number of carboxylic acid groups (broad SMARTS) is 2. The summed E-state index contributed by atoms with van der Waals surface area (Å²) in [6.07, 6.45) is 9.96. The number of nitrogens with zero attached hydrogens (tertiary/aromatic N) is 1. The van der Waals surface area contributed by atoms with Gasteiger partial charge in [-0.2, -0.15) is 0 Å². The molecule has 0 bridgehead atoms. The van der Waals surface area contributed by atoms with Crippen LogP contribution in [0.15, 0.2) is 24.3 Å². The molecule has 0 aromatic rings. The summed E-state index contributed by atoms with van der Waals surface area (Å²) in [6.45, 7) is 0.452. The number of esters is 1. The molecule has 148 valence electrons. The van der Waals surface area contributed by atoms with E-state index in [2.05, 4.69) is 0 Å². The van der Waals surface area contributed by atoms with Gasteiger partial charge >= 0.3 is 17.9 Å². The van der Waals surface area contributed by atoms with Crippen LogP contribution in [0.4, 0.5) is 0 Å². The van der Waals surface area contributed by atoms with Gasteiger partial charge in [-0.15, -0.1) is 0 Å². The zero-order valence-electron chi connectivity index (χ0n) is 16.0. The van der Waals surface area contributed by atoms with Crippen LogP contribution in [0, 0.1) is 0 Å². The van der Waals surface area contributed by atoms with Gasteiger partial charge in [0, 0.05) is 6.42 Å². The summed E-state index contributed by atoms with van der Waals surface area (Å²) >= 11 is 0. The van der Waals surface area contributed by atoms with Gasteiger partial charge in [0.2, 0.25) is 0 Å². The van der Waals surface area contributed by atoms with Crippen LogP contribution >= 0.6 is 0 Å². The van der Waals surface area contributed by atoms with E-state index in [4.69, 9.17) is 14.9 Å². The van der Waals surface area contributed by atoms with Crippen molar-refractivity contribution in [3.63, 3.8) is 0 Å². The Bertz CT molecular complexity index is 505. The van der Waals surface area contributed by atoms with Crippen LogP contribution in [0.3, 0.4) is 0 Å². The van der Waals surface area contributed by atoms with Crippen LogP contribution in [0.25, 0.3) is 0 Å². The topological polar surface area (TPSA) is 101 Å². The lowest BCUT2D eigenvalue weighted by Crippen LogP contribution is -2.43. The van der Waals surface area contributed by atoms with Gasteiger partial charge < -0.3 is 19.4 Å². The number of carbonyl (C=O) groups is 3. The van der Waals surface area contributed by atoms with E-state index in [-0.39, 0.29) is 25.2 Å². The molecule has 0 fully saturated rings. The summed E-state index contributed by atoms with van der Waals surface area (Å²) in [4.78, 5) is 33.1. The first kappa shape index (κ1) is 23.9. The average Bonchev–Trinajstić information content (AvgIpc) is 2.46. The van der Waals surface area contributed by atoms with Crippen molar-refractivity contribution in [2.75, 3.05) is 27.7 Å². The van der Waals surface area contributed by atoms with Crippen LogP contribution in [0.1, 0.15) is 44.9 Å². The summed E-state index contributed by atoms with van der Waals surface area (Å²) in [6, 6.07) is 0. The fraction of sp³-hybridized carbons (Fsp3) is 0.632. The zero-order valence-corrected chi connectivity index (χ0v) is 16.0. The molecule has 2 N–H and O–H groups in total. The number of carboxylic acids is 2. The number of carbonyl (C=O) groups excluding carboxylic acids is 1. The highest BCUT2D eigenvalue weighted by atomic mass is 16.5. The molecule has 7 nitrogen and oxygen atoms in total. The molecule has 0 aliphatic heterocycles. The molecule has 0 saturated heterocycles. The summed E-state index contributed by atoms with van der Waals surface area (Å²) in [5, 5.41) is 17.4. The first-order valence-electron chi connectivity index (χ1n) is 8.83. The third kappa shape index (κ3) is 16.7. The smallest absolute Gasteiger partial charge is 0.307 e. The lowest BCUT2D eigenvalue weighted by molar-refractivity contribution is -0.873. The van der Waals surface area contributed by atoms with Crippen molar-refractivity contribution in [1.29, 1.82) is 0 Å². The zero-order chi connectivity index (χ0) is 20.0. The minimum atomic E-state index is -0.975. The maximum atomic E-state index is 11.9. The van der Waals surface area contributed by atoms with Gasteiger partial charge in [0.1, 0.15) is 6.54 Å². The minimum absolute atomic E-state index is 0.0444. The molecule has 0 amide bonds. The van der Waals surface area contributed by atoms with E-state index < -0.39 is 18.0 Å². The summed E-state index contributed by atoms with van der Waals surface area (Å²) < 4.78 is 5.83. The molecular formula is C19H32NO6+. The molecule has 0 heterocycles. The standard InChI is InChI=1S/C19H31NO6/c1-20(2,3)15-16(14-18(23)24)26-19(25)13-11-9-7-5-4-6-8-10-12-17(21)22/h5,7-8,10,16H,4,6,9,11-15H2,1-3H3,(H-,21,22,23,24)/p+1/b7-5+,10-8+. The first-order chi connectivity index (χ1) is 12.1. The summed E-state index contributed by atoms with van der Waals surface area (Å²) in [5.74, 6) is -2.18. The summed E-state index contributed by atoms with van der Waals surface area (Å²) in [5.41, 5.74) is 0. The normalized spacial score (nSPS) is 13.2. The van der Waals surface area contributed by atoms with E-state index in [1.165, 1.54) is 0 Å². The van der Waals surface area contributed by atoms with Crippen molar-refractivity contribution in [3.05, 3.63) is 24.3 Å². The fourth-order valence-corrected chi connectivity index (χ4v) is 2.29. The second kappa shape index (κ2) is 13.1. The average molecular weight is 370 g/mol. The predicted octanol–water partition coefficient (Wildman–Crippen LogP) is 2.62. The Labute approximate surface area is 155 Å². The Hall–Kier alpha value is -2.15. The van der Waals surface area contributed by atoms with Crippen molar-refractivity contribution in [1.82, 2.24) is 0 Å². The lowest BCUT2D eigenvalue weighted by Gasteiger charge is -2.28. The van der Waals surface area contributed by atoms with Crippen LogP contribution in [-0.4, -0.2) is 66.4 Å². The maximum absolute atomic E-state index is 11.9. The number of allylic oxidation sites excluding steroid dienone is 3. The Morgan fingerprint density at radius 3 is 2.04 bits per heavy atom. The van der Waals surface area contributed by atoms with E-state index in [0.717, 1.165) is 19.3 Å². The second-order valence-electron chi connectivity index (χ2n) is 7.19. The molecule has 1 unspecified atom stereocenters. The molecule has 0 aromatic carbocycles. The molecule has 0 saturated carbocycles. The van der Waals surface area contributed by atoms with Crippen LogP contribution in [0.5, 0.6) is 0 Å². The fourth-order valence-electron chi connectivity index (χ4n) is 2.29. The quantitative estimate of drug-likeness (QED) is 0.211. The van der Waals surface area contributed by atoms with Crippen LogP contribution in [-0.2, 0) is 19.1 Å². The summed E-state index contributed by atoms with van der Waals surface area (Å²) in [7, 11) is 5.76. The molecule has 0 radical (unpaired) electrons. The van der Waals surface area contributed by atoms with Crippen molar-refractivity contribution in [3.8, 4) is 0 Å².